The molecule has 1 saturated heterocycles. The third-order valence-corrected chi connectivity index (χ3v) is 9.32. The summed E-state index contributed by atoms with van der Waals surface area (Å²) in [5, 5.41) is 5.97. The van der Waals surface area contributed by atoms with Crippen LogP contribution in [0.15, 0.2) is 53.6 Å². The quantitative estimate of drug-likeness (QED) is 0.350. The smallest absolute Gasteiger partial charge is 0.229 e. The van der Waals surface area contributed by atoms with E-state index in [0.29, 0.717) is 17.1 Å². The lowest BCUT2D eigenvalue weighted by atomic mass is 10.0. The molecule has 0 radical (unpaired) electrons. The molecule has 3 aromatic rings. The average molecular weight is 573 g/mol. The van der Waals surface area contributed by atoms with Crippen LogP contribution in [0.4, 0.5) is 28.8 Å². The van der Waals surface area contributed by atoms with E-state index in [1.165, 1.54) is 6.20 Å². The molecule has 0 saturated carbocycles. The van der Waals surface area contributed by atoms with Crippen molar-refractivity contribution >= 4 is 50.3 Å². The van der Waals surface area contributed by atoms with Gasteiger partial charge in [0.2, 0.25) is 5.95 Å². The van der Waals surface area contributed by atoms with Crippen molar-refractivity contribution < 1.29 is 13.2 Å². The second-order valence-corrected chi connectivity index (χ2v) is 13.6. The maximum absolute atomic E-state index is 12.9. The van der Waals surface area contributed by atoms with Crippen molar-refractivity contribution in [2.75, 3.05) is 48.8 Å². The molecule has 0 atom stereocenters. The monoisotopic (exact) mass is 572 g/mol. The van der Waals surface area contributed by atoms with E-state index in [1.54, 1.807) is 45.2 Å². The first kappa shape index (κ1) is 28.9. The van der Waals surface area contributed by atoms with Gasteiger partial charge in [-0.05, 0) is 58.9 Å². The molecule has 0 spiro atoms. The Kier molecular flexibility index (Phi) is 8.58. The highest BCUT2D eigenvalue weighted by Crippen LogP contribution is 2.34. The fourth-order valence-electron chi connectivity index (χ4n) is 4.45. The Hall–Kier alpha value is -3.08. The van der Waals surface area contributed by atoms with Crippen molar-refractivity contribution in [3.63, 3.8) is 0 Å². The van der Waals surface area contributed by atoms with Crippen molar-refractivity contribution in [1.82, 2.24) is 14.9 Å². The minimum Gasteiger partial charge on any atom is -0.494 e. The van der Waals surface area contributed by atoms with Crippen LogP contribution in [0.3, 0.4) is 0 Å². The maximum Gasteiger partial charge on any atom is 0.229 e. The predicted octanol–water partition coefficient (Wildman–Crippen LogP) is 5.73. The number of para-hydroxylation sites is 1. The Bertz CT molecular complexity index is 1420. The lowest BCUT2D eigenvalue weighted by molar-refractivity contribution is 0.128. The van der Waals surface area contributed by atoms with E-state index in [2.05, 4.69) is 57.2 Å². The molecule has 1 fully saturated rings. The Labute approximate surface area is 236 Å². The number of ether oxygens (including phenoxy) is 1. The van der Waals surface area contributed by atoms with Gasteiger partial charge in [0.1, 0.15) is 10.8 Å². The second kappa shape index (κ2) is 11.6. The van der Waals surface area contributed by atoms with Gasteiger partial charge in [-0.15, -0.1) is 0 Å². The number of nitrogens with zero attached hydrogens (tertiary/aromatic N) is 4. The van der Waals surface area contributed by atoms with Gasteiger partial charge in [0.25, 0.3) is 0 Å². The summed E-state index contributed by atoms with van der Waals surface area (Å²) in [7, 11) is -1.89. The number of nitrogens with one attached hydrogen (secondary N) is 2. The molecule has 1 aliphatic heterocycles. The zero-order chi connectivity index (χ0) is 28.4. The van der Waals surface area contributed by atoms with Gasteiger partial charge in [0.05, 0.1) is 34.8 Å². The number of sulfone groups is 1. The number of rotatable bonds is 8. The van der Waals surface area contributed by atoms with Gasteiger partial charge >= 0.3 is 0 Å². The summed E-state index contributed by atoms with van der Waals surface area (Å²) in [6.07, 6.45) is 1.47. The molecule has 2 heterocycles. The van der Waals surface area contributed by atoms with Crippen LogP contribution in [0.25, 0.3) is 0 Å². The van der Waals surface area contributed by atoms with Crippen LogP contribution in [-0.2, 0) is 9.84 Å². The van der Waals surface area contributed by atoms with Crippen molar-refractivity contribution in [3.05, 3.63) is 53.7 Å². The molecule has 39 heavy (non-hydrogen) atoms. The highest BCUT2D eigenvalue weighted by atomic mass is 35.5. The molecule has 1 aliphatic rings. The van der Waals surface area contributed by atoms with Crippen LogP contribution in [0, 0.1) is 0 Å². The van der Waals surface area contributed by atoms with Gasteiger partial charge in [-0.1, -0.05) is 23.7 Å². The summed E-state index contributed by atoms with van der Waals surface area (Å²) in [5.74, 6) is 1.23. The third kappa shape index (κ3) is 6.57. The van der Waals surface area contributed by atoms with Gasteiger partial charge in [0.15, 0.2) is 15.7 Å². The maximum atomic E-state index is 12.9. The van der Waals surface area contributed by atoms with E-state index < -0.39 is 15.1 Å². The fraction of sp³-hybridized carbons (Fsp3) is 0.429. The van der Waals surface area contributed by atoms with E-state index in [-0.39, 0.29) is 27.2 Å². The number of hydrogen-bond acceptors (Lipinski definition) is 9. The standard InChI is InChI=1S/C28H37ClN6O3S/c1-19(2)39(36,37)25-10-8-7-9-23(25)31-26-21(29)18-30-27(33-26)32-22-12-11-20(17-24(22)38-6)34-13-15-35(16-14-34)28(3,4)5/h7-12,17-19H,13-16H2,1-6H3,(H2,30,31,32,33). The lowest BCUT2D eigenvalue weighted by Gasteiger charge is -2.43. The van der Waals surface area contributed by atoms with Gasteiger partial charge in [-0.25, -0.2) is 13.4 Å². The van der Waals surface area contributed by atoms with Gasteiger partial charge < -0.3 is 20.3 Å². The molecule has 2 N–H and O–H groups in total. The highest BCUT2D eigenvalue weighted by molar-refractivity contribution is 7.92. The van der Waals surface area contributed by atoms with E-state index in [0.717, 1.165) is 31.9 Å². The van der Waals surface area contributed by atoms with E-state index in [9.17, 15) is 8.42 Å². The molecule has 0 amide bonds. The number of piperazine rings is 1. The number of benzene rings is 2. The SMILES string of the molecule is COc1cc(N2CCN(C(C)(C)C)CC2)ccc1Nc1ncc(Cl)c(Nc2ccccc2S(=O)(=O)C(C)C)n1. The molecule has 210 valence electrons. The van der Waals surface area contributed by atoms with Crippen molar-refractivity contribution in [1.29, 1.82) is 0 Å². The second-order valence-electron chi connectivity index (χ2n) is 10.8. The van der Waals surface area contributed by atoms with E-state index in [1.807, 2.05) is 12.1 Å². The molecule has 11 heteroatoms. The summed E-state index contributed by atoms with van der Waals surface area (Å²) in [6.45, 7) is 13.9. The van der Waals surface area contributed by atoms with Crippen LogP contribution in [0.2, 0.25) is 5.02 Å². The molecular weight excluding hydrogens is 536 g/mol. The van der Waals surface area contributed by atoms with E-state index >= 15 is 0 Å². The number of hydrogen-bond donors (Lipinski definition) is 2. The number of aromatic nitrogens is 2. The first-order valence-electron chi connectivity index (χ1n) is 13.0. The van der Waals surface area contributed by atoms with Gasteiger partial charge in [-0.3, -0.25) is 4.90 Å². The van der Waals surface area contributed by atoms with Gasteiger partial charge in [-0.2, -0.15) is 4.98 Å². The van der Waals surface area contributed by atoms with Crippen LogP contribution in [-0.4, -0.2) is 67.4 Å². The highest BCUT2D eigenvalue weighted by Gasteiger charge is 2.26. The molecule has 0 bridgehead atoms. The Balaban J connectivity index is 1.54. The first-order valence-corrected chi connectivity index (χ1v) is 14.9. The molecule has 2 aromatic carbocycles. The molecule has 9 nitrogen and oxygen atoms in total. The number of methoxy groups -OCH3 is 1. The predicted molar refractivity (Wildman–Crippen MR) is 159 cm³/mol. The minimum atomic E-state index is -3.52. The Morgan fingerprint density at radius 1 is 1.00 bits per heavy atom. The van der Waals surface area contributed by atoms with E-state index in [4.69, 9.17) is 16.3 Å². The van der Waals surface area contributed by atoms with Crippen molar-refractivity contribution in [3.8, 4) is 5.75 Å². The Morgan fingerprint density at radius 3 is 2.33 bits per heavy atom. The summed E-state index contributed by atoms with van der Waals surface area (Å²) in [6, 6.07) is 12.7. The van der Waals surface area contributed by atoms with Crippen molar-refractivity contribution in [2.24, 2.45) is 0 Å². The zero-order valence-electron chi connectivity index (χ0n) is 23.3. The summed E-state index contributed by atoms with van der Waals surface area (Å²) in [4.78, 5) is 13.9. The third-order valence-electron chi connectivity index (χ3n) is 6.84. The summed E-state index contributed by atoms with van der Waals surface area (Å²) in [5.41, 5.74) is 2.35. The molecule has 0 unspecified atom stereocenters. The number of anilines is 5. The minimum absolute atomic E-state index is 0.161. The topological polar surface area (TPSA) is 99.7 Å². The molecule has 4 rings (SSSR count). The lowest BCUT2D eigenvalue weighted by Crippen LogP contribution is -2.53. The number of halogens is 1. The van der Waals surface area contributed by atoms with Gasteiger partial charge in [0, 0.05) is 43.5 Å². The normalized spacial score (nSPS) is 14.9. The summed E-state index contributed by atoms with van der Waals surface area (Å²) < 4.78 is 31.4. The summed E-state index contributed by atoms with van der Waals surface area (Å²) >= 11 is 6.38. The van der Waals surface area contributed by atoms with Crippen LogP contribution in [0.1, 0.15) is 34.6 Å². The first-order chi connectivity index (χ1) is 18.4. The van der Waals surface area contributed by atoms with Crippen LogP contribution in [0.5, 0.6) is 5.75 Å². The zero-order valence-corrected chi connectivity index (χ0v) is 24.9. The Morgan fingerprint density at radius 2 is 1.69 bits per heavy atom. The molecule has 0 aliphatic carbocycles. The molecule has 1 aromatic heterocycles. The van der Waals surface area contributed by atoms with Crippen LogP contribution < -0.4 is 20.3 Å². The fourth-order valence-corrected chi connectivity index (χ4v) is 5.79. The largest absolute Gasteiger partial charge is 0.494 e. The average Bonchev–Trinajstić information content (AvgIpc) is 2.90. The van der Waals surface area contributed by atoms with Crippen LogP contribution >= 0.6 is 11.6 Å². The van der Waals surface area contributed by atoms with Crippen molar-refractivity contribution in [2.45, 2.75) is 50.3 Å². The molecular formula is C28H37ClN6O3S.